The van der Waals surface area contributed by atoms with Crippen LogP contribution in [-0.4, -0.2) is 33.1 Å². The average Bonchev–Trinajstić information content (AvgIpc) is 2.70. The second-order valence-electron chi connectivity index (χ2n) is 6.44. The molecule has 1 atom stereocenters. The minimum atomic E-state index is -0.754. The van der Waals surface area contributed by atoms with Gasteiger partial charge in [0.1, 0.15) is 5.82 Å². The van der Waals surface area contributed by atoms with Crippen molar-refractivity contribution in [3.63, 3.8) is 0 Å². The van der Waals surface area contributed by atoms with Gasteiger partial charge in [-0.05, 0) is 24.6 Å². The van der Waals surface area contributed by atoms with Crippen LogP contribution in [0.4, 0.5) is 4.39 Å². The van der Waals surface area contributed by atoms with Gasteiger partial charge in [0.2, 0.25) is 0 Å². The van der Waals surface area contributed by atoms with Crippen molar-refractivity contribution in [2.75, 3.05) is 12.4 Å². The molecule has 0 unspecified atom stereocenters. The number of benzene rings is 2. The highest BCUT2D eigenvalue weighted by Crippen LogP contribution is 2.19. The fourth-order valence-corrected chi connectivity index (χ4v) is 3.75. The molecule has 0 amide bonds. The van der Waals surface area contributed by atoms with Crippen molar-refractivity contribution in [1.29, 1.82) is 0 Å². The maximum absolute atomic E-state index is 13.6. The Morgan fingerprint density at radius 1 is 1.21 bits per heavy atom. The van der Waals surface area contributed by atoms with Crippen molar-refractivity contribution in [2.45, 2.75) is 37.8 Å². The van der Waals surface area contributed by atoms with Crippen molar-refractivity contribution < 1.29 is 14.2 Å². The predicted octanol–water partition coefficient (Wildman–Crippen LogP) is 3.62. The molecule has 0 saturated carbocycles. The molecule has 0 aliphatic rings. The first-order valence-electron chi connectivity index (χ1n) is 9.21. The molecular weight excluding hydrogens is 379 g/mol. The second kappa shape index (κ2) is 9.82. The Kier molecular flexibility index (Phi) is 7.19. The first kappa shape index (κ1) is 20.5. The van der Waals surface area contributed by atoms with E-state index in [1.165, 1.54) is 17.8 Å². The van der Waals surface area contributed by atoms with Crippen molar-refractivity contribution in [3.8, 4) is 0 Å². The molecule has 0 spiro atoms. The predicted molar refractivity (Wildman–Crippen MR) is 109 cm³/mol. The molecule has 0 radical (unpaired) electrons. The van der Waals surface area contributed by atoms with E-state index >= 15 is 0 Å². The summed E-state index contributed by atoms with van der Waals surface area (Å²) in [6.45, 7) is 2.75. The molecule has 148 valence electrons. The fourth-order valence-electron chi connectivity index (χ4n) is 2.82. The molecule has 0 aliphatic heterocycles. The number of halogens is 1. The minimum Gasteiger partial charge on any atom is -0.390 e. The third-order valence-electron chi connectivity index (χ3n) is 4.20. The molecule has 0 aliphatic carbocycles. The molecular formula is C21H23FN2O3S. The van der Waals surface area contributed by atoms with Crippen molar-refractivity contribution in [3.05, 3.63) is 70.3 Å². The molecule has 1 N–H and O–H groups in total. The zero-order chi connectivity index (χ0) is 19.9. The lowest BCUT2D eigenvalue weighted by Gasteiger charge is -2.14. The number of thioether (sulfide) groups is 1. The van der Waals surface area contributed by atoms with Crippen LogP contribution < -0.4 is 5.56 Å². The van der Waals surface area contributed by atoms with Crippen LogP contribution in [0, 0.1) is 5.82 Å². The highest BCUT2D eigenvalue weighted by molar-refractivity contribution is 7.99. The number of aromatic nitrogens is 2. The maximum atomic E-state index is 13.6. The standard InChI is InChI=1S/C21H23FN2O3S/c1-2-11-24-20(26)17-8-4-6-10-19(17)23-21(24)28-14-16(25)13-27-12-15-7-3-5-9-18(15)22/h3-10,16,25H,2,11-14H2,1H3/t16-/m0/s1. The molecule has 0 bridgehead atoms. The van der Waals surface area contributed by atoms with Gasteiger partial charge in [0.25, 0.3) is 5.56 Å². The monoisotopic (exact) mass is 402 g/mol. The Morgan fingerprint density at radius 3 is 2.75 bits per heavy atom. The molecule has 5 nitrogen and oxygen atoms in total. The summed E-state index contributed by atoms with van der Waals surface area (Å²) in [6, 6.07) is 13.6. The van der Waals surface area contributed by atoms with Crippen molar-refractivity contribution in [1.82, 2.24) is 9.55 Å². The summed E-state index contributed by atoms with van der Waals surface area (Å²) in [5, 5.41) is 11.4. The average molecular weight is 402 g/mol. The van der Waals surface area contributed by atoms with E-state index in [1.54, 1.807) is 28.8 Å². The van der Waals surface area contributed by atoms with Gasteiger partial charge in [0.05, 0.1) is 30.2 Å². The first-order valence-corrected chi connectivity index (χ1v) is 10.2. The topological polar surface area (TPSA) is 64.3 Å². The Morgan fingerprint density at radius 2 is 1.96 bits per heavy atom. The maximum Gasteiger partial charge on any atom is 0.262 e. The third kappa shape index (κ3) is 4.98. The van der Waals surface area contributed by atoms with Crippen LogP contribution in [0.15, 0.2) is 58.5 Å². The van der Waals surface area contributed by atoms with E-state index in [4.69, 9.17) is 4.74 Å². The highest BCUT2D eigenvalue weighted by atomic mass is 32.2. The summed E-state index contributed by atoms with van der Waals surface area (Å²) < 4.78 is 20.7. The van der Waals surface area contributed by atoms with E-state index in [1.807, 2.05) is 25.1 Å². The molecule has 1 aromatic heterocycles. The van der Waals surface area contributed by atoms with Gasteiger partial charge in [0.15, 0.2) is 5.16 Å². The minimum absolute atomic E-state index is 0.0692. The lowest BCUT2D eigenvalue weighted by molar-refractivity contribution is 0.0386. The van der Waals surface area contributed by atoms with E-state index in [0.29, 0.717) is 33.9 Å². The summed E-state index contributed by atoms with van der Waals surface area (Å²) in [7, 11) is 0. The number of nitrogens with zero attached hydrogens (tertiary/aromatic N) is 2. The quantitative estimate of drug-likeness (QED) is 0.438. The largest absolute Gasteiger partial charge is 0.390 e. The van der Waals surface area contributed by atoms with Gasteiger partial charge in [-0.3, -0.25) is 9.36 Å². The number of rotatable bonds is 9. The number of ether oxygens (including phenoxy) is 1. The number of aliphatic hydroxyl groups excluding tert-OH is 1. The molecule has 1 heterocycles. The van der Waals surface area contributed by atoms with E-state index < -0.39 is 6.10 Å². The Hall–Kier alpha value is -2.22. The molecule has 3 rings (SSSR count). The summed E-state index contributed by atoms with van der Waals surface area (Å²) in [4.78, 5) is 17.3. The summed E-state index contributed by atoms with van der Waals surface area (Å²) >= 11 is 1.32. The number of para-hydroxylation sites is 1. The third-order valence-corrected chi connectivity index (χ3v) is 5.33. The summed E-state index contributed by atoms with van der Waals surface area (Å²) in [5.74, 6) is 0.00138. The zero-order valence-corrected chi connectivity index (χ0v) is 16.5. The number of hydrogen-bond donors (Lipinski definition) is 1. The molecule has 0 saturated heterocycles. The molecule has 0 fully saturated rings. The summed E-state index contributed by atoms with van der Waals surface area (Å²) in [6.07, 6.45) is 0.0529. The summed E-state index contributed by atoms with van der Waals surface area (Å²) in [5.41, 5.74) is 1.03. The number of aliphatic hydroxyl groups is 1. The van der Waals surface area contributed by atoms with Crippen LogP contribution in [0.2, 0.25) is 0 Å². The molecule has 7 heteroatoms. The smallest absolute Gasteiger partial charge is 0.262 e. The van der Waals surface area contributed by atoms with Crippen LogP contribution in [-0.2, 0) is 17.9 Å². The van der Waals surface area contributed by atoms with E-state index in [9.17, 15) is 14.3 Å². The molecule has 28 heavy (non-hydrogen) atoms. The molecule has 2 aromatic carbocycles. The van der Waals surface area contributed by atoms with Gasteiger partial charge in [0, 0.05) is 17.9 Å². The van der Waals surface area contributed by atoms with E-state index in [2.05, 4.69) is 4.98 Å². The fraction of sp³-hybridized carbons (Fsp3) is 0.333. The highest BCUT2D eigenvalue weighted by Gasteiger charge is 2.13. The SMILES string of the molecule is CCCn1c(SC[C@@H](O)COCc2ccccc2F)nc2ccccc2c1=O. The van der Waals surface area contributed by atoms with Gasteiger partial charge >= 0.3 is 0 Å². The van der Waals surface area contributed by atoms with Crippen molar-refractivity contribution in [2.24, 2.45) is 0 Å². The van der Waals surface area contributed by atoms with E-state index in [-0.39, 0.29) is 24.6 Å². The Labute approximate surface area is 167 Å². The van der Waals surface area contributed by atoms with E-state index in [0.717, 1.165) is 6.42 Å². The van der Waals surface area contributed by atoms with Crippen LogP contribution in [0.5, 0.6) is 0 Å². The van der Waals surface area contributed by atoms with Crippen LogP contribution in [0.3, 0.4) is 0 Å². The first-order chi connectivity index (χ1) is 13.6. The van der Waals surface area contributed by atoms with Gasteiger partial charge in [-0.25, -0.2) is 9.37 Å². The number of fused-ring (bicyclic) bond motifs is 1. The van der Waals surface area contributed by atoms with Gasteiger partial charge in [-0.1, -0.05) is 49.0 Å². The van der Waals surface area contributed by atoms with Gasteiger partial charge in [-0.15, -0.1) is 0 Å². The lowest BCUT2D eigenvalue weighted by Crippen LogP contribution is -2.24. The molecule has 3 aromatic rings. The van der Waals surface area contributed by atoms with Crippen LogP contribution in [0.25, 0.3) is 10.9 Å². The van der Waals surface area contributed by atoms with Crippen LogP contribution in [0.1, 0.15) is 18.9 Å². The normalized spacial score (nSPS) is 12.4. The Balaban J connectivity index is 1.63. The number of hydrogen-bond acceptors (Lipinski definition) is 5. The van der Waals surface area contributed by atoms with Crippen molar-refractivity contribution >= 4 is 22.7 Å². The Bertz CT molecular complexity index is 993. The van der Waals surface area contributed by atoms with Crippen LogP contribution >= 0.6 is 11.8 Å². The van der Waals surface area contributed by atoms with Gasteiger partial charge < -0.3 is 9.84 Å². The second-order valence-corrected chi connectivity index (χ2v) is 7.43. The van der Waals surface area contributed by atoms with Gasteiger partial charge in [-0.2, -0.15) is 0 Å². The lowest BCUT2D eigenvalue weighted by atomic mass is 10.2. The zero-order valence-electron chi connectivity index (χ0n) is 15.7.